The molecular formula is C15H21N. The van der Waals surface area contributed by atoms with Crippen molar-refractivity contribution in [3.63, 3.8) is 0 Å². The number of nitrogens with one attached hydrogen (secondary N) is 1. The summed E-state index contributed by atoms with van der Waals surface area (Å²) in [6.07, 6.45) is 4.12. The topological polar surface area (TPSA) is 12.0 Å². The molecule has 0 amide bonds. The van der Waals surface area contributed by atoms with Gasteiger partial charge in [0.25, 0.3) is 0 Å². The van der Waals surface area contributed by atoms with Gasteiger partial charge in [-0.1, -0.05) is 37.3 Å². The summed E-state index contributed by atoms with van der Waals surface area (Å²) >= 11 is 0. The van der Waals surface area contributed by atoms with E-state index in [9.17, 15) is 0 Å². The van der Waals surface area contributed by atoms with Gasteiger partial charge in [-0.15, -0.1) is 0 Å². The van der Waals surface area contributed by atoms with Gasteiger partial charge in [0.1, 0.15) is 0 Å². The maximum Gasteiger partial charge on any atom is 0.00788 e. The SMILES string of the molecule is CC1CC1CNC1CC(c2ccccc2)C1. The fourth-order valence-corrected chi connectivity index (χ4v) is 2.78. The van der Waals surface area contributed by atoms with Gasteiger partial charge in [0.15, 0.2) is 0 Å². The van der Waals surface area contributed by atoms with E-state index in [1.54, 1.807) is 0 Å². The zero-order valence-electron chi connectivity index (χ0n) is 10.0. The Kier molecular flexibility index (Phi) is 2.72. The molecule has 2 unspecified atom stereocenters. The highest BCUT2D eigenvalue weighted by Crippen LogP contribution is 2.39. The summed E-state index contributed by atoms with van der Waals surface area (Å²) in [5.41, 5.74) is 1.53. The van der Waals surface area contributed by atoms with Crippen molar-refractivity contribution in [1.82, 2.24) is 5.32 Å². The van der Waals surface area contributed by atoms with Crippen LogP contribution in [0.25, 0.3) is 0 Å². The van der Waals surface area contributed by atoms with Crippen LogP contribution in [0.5, 0.6) is 0 Å². The molecule has 3 rings (SSSR count). The molecule has 1 heteroatoms. The third-order valence-corrected chi connectivity index (χ3v) is 4.35. The van der Waals surface area contributed by atoms with E-state index in [-0.39, 0.29) is 0 Å². The van der Waals surface area contributed by atoms with Crippen molar-refractivity contribution < 1.29 is 0 Å². The van der Waals surface area contributed by atoms with E-state index in [2.05, 4.69) is 42.6 Å². The zero-order valence-corrected chi connectivity index (χ0v) is 10.0. The molecule has 2 fully saturated rings. The lowest BCUT2D eigenvalue weighted by atomic mass is 9.76. The second-order valence-corrected chi connectivity index (χ2v) is 5.66. The first-order valence-corrected chi connectivity index (χ1v) is 6.61. The smallest absolute Gasteiger partial charge is 0.00788 e. The van der Waals surface area contributed by atoms with Gasteiger partial charge >= 0.3 is 0 Å². The molecule has 0 aromatic heterocycles. The van der Waals surface area contributed by atoms with Crippen LogP contribution in [0.2, 0.25) is 0 Å². The van der Waals surface area contributed by atoms with E-state index < -0.39 is 0 Å². The summed E-state index contributed by atoms with van der Waals surface area (Å²) in [6.45, 7) is 3.62. The van der Waals surface area contributed by atoms with Crippen molar-refractivity contribution >= 4 is 0 Å². The van der Waals surface area contributed by atoms with E-state index >= 15 is 0 Å². The van der Waals surface area contributed by atoms with Gasteiger partial charge in [0.2, 0.25) is 0 Å². The molecule has 0 aliphatic heterocycles. The van der Waals surface area contributed by atoms with Crippen LogP contribution in [0.15, 0.2) is 30.3 Å². The quantitative estimate of drug-likeness (QED) is 0.813. The predicted octanol–water partition coefficient (Wildman–Crippen LogP) is 3.18. The van der Waals surface area contributed by atoms with Crippen molar-refractivity contribution in [1.29, 1.82) is 0 Å². The summed E-state index contributed by atoms with van der Waals surface area (Å²) < 4.78 is 0. The molecule has 2 saturated carbocycles. The Balaban J connectivity index is 1.41. The lowest BCUT2D eigenvalue weighted by Crippen LogP contribution is -2.41. The Morgan fingerprint density at radius 1 is 1.12 bits per heavy atom. The van der Waals surface area contributed by atoms with Gasteiger partial charge < -0.3 is 5.32 Å². The van der Waals surface area contributed by atoms with Crippen LogP contribution in [0, 0.1) is 11.8 Å². The van der Waals surface area contributed by atoms with Gasteiger partial charge in [-0.3, -0.25) is 0 Å². The largest absolute Gasteiger partial charge is 0.314 e. The number of hydrogen-bond acceptors (Lipinski definition) is 1. The molecule has 0 spiro atoms. The third-order valence-electron chi connectivity index (χ3n) is 4.35. The fourth-order valence-electron chi connectivity index (χ4n) is 2.78. The van der Waals surface area contributed by atoms with Crippen LogP contribution in [0.3, 0.4) is 0 Å². The second-order valence-electron chi connectivity index (χ2n) is 5.66. The highest BCUT2D eigenvalue weighted by Gasteiger charge is 2.35. The molecule has 1 aromatic rings. The van der Waals surface area contributed by atoms with E-state index in [1.807, 2.05) is 0 Å². The highest BCUT2D eigenvalue weighted by molar-refractivity contribution is 5.22. The van der Waals surface area contributed by atoms with Crippen molar-refractivity contribution in [2.75, 3.05) is 6.54 Å². The average molecular weight is 215 g/mol. The van der Waals surface area contributed by atoms with Gasteiger partial charge in [-0.25, -0.2) is 0 Å². The van der Waals surface area contributed by atoms with Gasteiger partial charge in [0.05, 0.1) is 0 Å². The third kappa shape index (κ3) is 2.15. The molecule has 0 bridgehead atoms. The Hall–Kier alpha value is -0.820. The fraction of sp³-hybridized carbons (Fsp3) is 0.600. The van der Waals surface area contributed by atoms with Crippen LogP contribution >= 0.6 is 0 Å². The molecule has 1 N–H and O–H groups in total. The lowest BCUT2D eigenvalue weighted by Gasteiger charge is -2.36. The molecule has 1 nitrogen and oxygen atoms in total. The molecule has 2 aliphatic carbocycles. The molecular weight excluding hydrogens is 194 g/mol. The maximum atomic E-state index is 3.71. The summed E-state index contributed by atoms with van der Waals surface area (Å²) in [4.78, 5) is 0. The van der Waals surface area contributed by atoms with Crippen LogP contribution in [-0.4, -0.2) is 12.6 Å². The number of hydrogen-bond donors (Lipinski definition) is 1. The van der Waals surface area contributed by atoms with Gasteiger partial charge in [-0.2, -0.15) is 0 Å². The highest BCUT2D eigenvalue weighted by atomic mass is 14.9. The summed E-state index contributed by atoms with van der Waals surface area (Å²) in [5.74, 6) is 2.78. The molecule has 86 valence electrons. The Bertz CT molecular complexity index is 340. The number of rotatable bonds is 4. The van der Waals surface area contributed by atoms with Gasteiger partial charge in [0, 0.05) is 6.04 Å². The van der Waals surface area contributed by atoms with Crippen molar-refractivity contribution in [2.45, 2.75) is 38.1 Å². The lowest BCUT2D eigenvalue weighted by molar-refractivity contribution is 0.287. The van der Waals surface area contributed by atoms with Crippen LogP contribution in [0.4, 0.5) is 0 Å². The van der Waals surface area contributed by atoms with E-state index in [4.69, 9.17) is 0 Å². The molecule has 0 heterocycles. The minimum Gasteiger partial charge on any atom is -0.314 e. The summed E-state index contributed by atoms with van der Waals surface area (Å²) in [7, 11) is 0. The van der Waals surface area contributed by atoms with Crippen molar-refractivity contribution in [2.24, 2.45) is 11.8 Å². The molecule has 1 aromatic carbocycles. The first-order valence-electron chi connectivity index (χ1n) is 6.61. The van der Waals surface area contributed by atoms with Gasteiger partial charge in [-0.05, 0) is 49.1 Å². The number of benzene rings is 1. The van der Waals surface area contributed by atoms with E-state index in [1.165, 1.54) is 31.4 Å². The standard InChI is InChI=1S/C15H21N/c1-11-7-14(11)10-16-15-8-13(9-15)12-5-3-2-4-6-12/h2-6,11,13-16H,7-10H2,1H3. The zero-order chi connectivity index (χ0) is 11.0. The second kappa shape index (κ2) is 4.21. The first kappa shape index (κ1) is 10.3. The molecule has 2 aliphatic rings. The minimum absolute atomic E-state index is 0.790. The molecule has 0 saturated heterocycles. The first-order chi connectivity index (χ1) is 7.83. The monoisotopic (exact) mass is 215 g/mol. The molecule has 2 atom stereocenters. The van der Waals surface area contributed by atoms with Crippen LogP contribution in [-0.2, 0) is 0 Å². The maximum absolute atomic E-state index is 3.71. The van der Waals surface area contributed by atoms with E-state index in [0.29, 0.717) is 0 Å². The Morgan fingerprint density at radius 2 is 1.81 bits per heavy atom. The summed E-state index contributed by atoms with van der Waals surface area (Å²) in [6, 6.07) is 11.7. The predicted molar refractivity (Wildman–Crippen MR) is 67.5 cm³/mol. The molecule has 0 radical (unpaired) electrons. The Morgan fingerprint density at radius 3 is 2.44 bits per heavy atom. The Labute approximate surface area is 98.3 Å². The van der Waals surface area contributed by atoms with Crippen molar-refractivity contribution in [3.8, 4) is 0 Å². The minimum atomic E-state index is 0.790. The van der Waals surface area contributed by atoms with Crippen molar-refractivity contribution in [3.05, 3.63) is 35.9 Å². The molecule has 16 heavy (non-hydrogen) atoms. The van der Waals surface area contributed by atoms with E-state index in [0.717, 1.165) is 23.8 Å². The average Bonchev–Trinajstić information content (AvgIpc) is 2.94. The van der Waals surface area contributed by atoms with Crippen LogP contribution in [0.1, 0.15) is 37.7 Å². The summed E-state index contributed by atoms with van der Waals surface area (Å²) in [5, 5.41) is 3.71. The normalized spacial score (nSPS) is 36.8. The van der Waals surface area contributed by atoms with Crippen LogP contribution < -0.4 is 5.32 Å².